The molecule has 0 atom stereocenters. The van der Waals surface area contributed by atoms with Crippen molar-refractivity contribution in [2.45, 2.75) is 24.8 Å². The molecule has 14 heavy (non-hydrogen) atoms. The van der Waals surface area contributed by atoms with Crippen LogP contribution in [0.1, 0.15) is 25.3 Å². The second kappa shape index (κ2) is 3.65. The quantitative estimate of drug-likeness (QED) is 0.702. The molecule has 3 heteroatoms. The highest BCUT2D eigenvalue weighted by Crippen LogP contribution is 2.18. The smallest absolute Gasteiger partial charge is 0.138 e. The van der Waals surface area contributed by atoms with Gasteiger partial charge in [-0.15, -0.1) is 11.8 Å². The van der Waals surface area contributed by atoms with E-state index >= 15 is 0 Å². The molecule has 2 rings (SSSR count). The third kappa shape index (κ3) is 1.64. The molecule has 0 aromatic carbocycles. The van der Waals surface area contributed by atoms with Crippen LogP contribution < -0.4 is 0 Å². The lowest BCUT2D eigenvalue weighted by molar-refractivity contribution is 0.853. The molecule has 0 amide bonds. The Labute approximate surface area is 88.4 Å². The summed E-state index contributed by atoms with van der Waals surface area (Å²) in [5.41, 5.74) is 2.38. The second-order valence-electron chi connectivity index (χ2n) is 3.67. The molecule has 0 bridgehead atoms. The standard InChI is InChI=1S/C11H14N2S/c1-8(2)9-4-5-10-12-11(14-3)7-13(10)6-9/h4-8H,1-3H3. The number of rotatable bonds is 2. The van der Waals surface area contributed by atoms with Gasteiger partial charge in [0.1, 0.15) is 10.7 Å². The van der Waals surface area contributed by atoms with E-state index in [1.165, 1.54) is 5.56 Å². The molecule has 0 aliphatic carbocycles. The largest absolute Gasteiger partial charge is 0.306 e. The van der Waals surface area contributed by atoms with Crippen molar-refractivity contribution in [1.29, 1.82) is 0 Å². The van der Waals surface area contributed by atoms with Gasteiger partial charge in [0.05, 0.1) is 0 Å². The van der Waals surface area contributed by atoms with Crippen LogP contribution in [-0.2, 0) is 0 Å². The SMILES string of the molecule is CSc1cn2cc(C(C)C)ccc2n1. The zero-order valence-electron chi connectivity index (χ0n) is 8.69. The number of fused-ring (bicyclic) bond motifs is 1. The van der Waals surface area contributed by atoms with Crippen molar-refractivity contribution >= 4 is 17.4 Å². The number of nitrogens with zero attached hydrogens (tertiary/aromatic N) is 2. The predicted molar refractivity (Wildman–Crippen MR) is 61.1 cm³/mol. The number of hydrogen-bond acceptors (Lipinski definition) is 2. The van der Waals surface area contributed by atoms with E-state index in [0.29, 0.717) is 5.92 Å². The fourth-order valence-electron chi connectivity index (χ4n) is 1.43. The summed E-state index contributed by atoms with van der Waals surface area (Å²) in [4.78, 5) is 4.46. The molecule has 0 spiro atoms. The van der Waals surface area contributed by atoms with E-state index in [0.717, 1.165) is 10.7 Å². The second-order valence-corrected chi connectivity index (χ2v) is 4.49. The van der Waals surface area contributed by atoms with E-state index in [1.54, 1.807) is 11.8 Å². The van der Waals surface area contributed by atoms with E-state index in [1.807, 2.05) is 6.26 Å². The van der Waals surface area contributed by atoms with Gasteiger partial charge in [0, 0.05) is 12.4 Å². The van der Waals surface area contributed by atoms with Gasteiger partial charge in [-0.05, 0) is 23.8 Å². The lowest BCUT2D eigenvalue weighted by Gasteiger charge is -2.04. The number of pyridine rings is 1. The van der Waals surface area contributed by atoms with Crippen LogP contribution in [-0.4, -0.2) is 15.6 Å². The van der Waals surface area contributed by atoms with Crippen molar-refractivity contribution in [3.8, 4) is 0 Å². The fourth-order valence-corrected chi connectivity index (χ4v) is 1.83. The summed E-state index contributed by atoms with van der Waals surface area (Å²) in [7, 11) is 0. The summed E-state index contributed by atoms with van der Waals surface area (Å²) in [5, 5.41) is 1.07. The Bertz CT molecular complexity index is 445. The van der Waals surface area contributed by atoms with Gasteiger partial charge in [-0.25, -0.2) is 4.98 Å². The van der Waals surface area contributed by atoms with E-state index < -0.39 is 0 Å². The number of hydrogen-bond donors (Lipinski definition) is 0. The van der Waals surface area contributed by atoms with Gasteiger partial charge in [0.15, 0.2) is 0 Å². The monoisotopic (exact) mass is 206 g/mol. The Hall–Kier alpha value is -0.960. The zero-order chi connectivity index (χ0) is 10.1. The maximum Gasteiger partial charge on any atom is 0.138 e. The molecular weight excluding hydrogens is 192 g/mol. The third-order valence-corrected chi connectivity index (χ3v) is 2.94. The Kier molecular flexibility index (Phi) is 2.50. The van der Waals surface area contributed by atoms with E-state index in [2.05, 4.69) is 47.8 Å². The molecule has 0 saturated heterocycles. The van der Waals surface area contributed by atoms with Crippen molar-refractivity contribution in [2.75, 3.05) is 6.26 Å². The predicted octanol–water partition coefficient (Wildman–Crippen LogP) is 3.18. The first-order chi connectivity index (χ1) is 6.70. The average Bonchev–Trinajstić information content (AvgIpc) is 2.58. The number of imidazole rings is 1. The van der Waals surface area contributed by atoms with Crippen molar-refractivity contribution < 1.29 is 0 Å². The van der Waals surface area contributed by atoms with Gasteiger partial charge < -0.3 is 4.40 Å². The molecule has 74 valence electrons. The molecule has 0 N–H and O–H groups in total. The van der Waals surface area contributed by atoms with E-state index in [-0.39, 0.29) is 0 Å². The Morgan fingerprint density at radius 1 is 1.29 bits per heavy atom. The molecule has 2 aromatic heterocycles. The normalized spacial score (nSPS) is 11.4. The zero-order valence-corrected chi connectivity index (χ0v) is 9.51. The van der Waals surface area contributed by atoms with E-state index in [9.17, 15) is 0 Å². The maximum absolute atomic E-state index is 4.46. The molecule has 2 heterocycles. The van der Waals surface area contributed by atoms with Gasteiger partial charge >= 0.3 is 0 Å². The molecular formula is C11H14N2S. The molecule has 2 nitrogen and oxygen atoms in total. The Balaban J connectivity index is 2.54. The first-order valence-corrected chi connectivity index (χ1v) is 5.96. The highest BCUT2D eigenvalue weighted by atomic mass is 32.2. The summed E-state index contributed by atoms with van der Waals surface area (Å²) in [6.07, 6.45) is 6.28. The van der Waals surface area contributed by atoms with Crippen LogP contribution in [0.25, 0.3) is 5.65 Å². The van der Waals surface area contributed by atoms with Crippen molar-refractivity contribution in [3.63, 3.8) is 0 Å². The molecule has 0 aliphatic heterocycles. The topological polar surface area (TPSA) is 17.3 Å². The van der Waals surface area contributed by atoms with Crippen LogP contribution in [0.5, 0.6) is 0 Å². The minimum Gasteiger partial charge on any atom is -0.306 e. The third-order valence-electron chi connectivity index (χ3n) is 2.33. The summed E-state index contributed by atoms with van der Waals surface area (Å²) in [5.74, 6) is 0.569. The first-order valence-electron chi connectivity index (χ1n) is 4.73. The molecule has 0 fully saturated rings. The molecule has 0 radical (unpaired) electrons. The summed E-state index contributed by atoms with van der Waals surface area (Å²) >= 11 is 1.68. The fraction of sp³-hybridized carbons (Fsp3) is 0.364. The van der Waals surface area contributed by atoms with Gasteiger partial charge in [-0.2, -0.15) is 0 Å². The molecule has 0 saturated carbocycles. The Morgan fingerprint density at radius 3 is 2.71 bits per heavy atom. The summed E-state index contributed by atoms with van der Waals surface area (Å²) in [6.45, 7) is 4.40. The van der Waals surface area contributed by atoms with Gasteiger partial charge in [-0.3, -0.25) is 0 Å². The maximum atomic E-state index is 4.46. The summed E-state index contributed by atoms with van der Waals surface area (Å²) in [6, 6.07) is 4.23. The molecule has 0 aliphatic rings. The lowest BCUT2D eigenvalue weighted by atomic mass is 10.1. The molecule has 0 unspecified atom stereocenters. The van der Waals surface area contributed by atoms with Gasteiger partial charge in [0.2, 0.25) is 0 Å². The van der Waals surface area contributed by atoms with Gasteiger partial charge in [0.25, 0.3) is 0 Å². The first kappa shape index (κ1) is 9.59. The lowest BCUT2D eigenvalue weighted by Crippen LogP contribution is -1.91. The highest BCUT2D eigenvalue weighted by molar-refractivity contribution is 7.98. The van der Waals surface area contributed by atoms with Crippen LogP contribution in [0.3, 0.4) is 0 Å². The van der Waals surface area contributed by atoms with Crippen LogP contribution in [0, 0.1) is 0 Å². The highest BCUT2D eigenvalue weighted by Gasteiger charge is 2.03. The van der Waals surface area contributed by atoms with Crippen LogP contribution in [0.15, 0.2) is 29.6 Å². The minimum absolute atomic E-state index is 0.569. The van der Waals surface area contributed by atoms with Crippen LogP contribution in [0.4, 0.5) is 0 Å². The minimum atomic E-state index is 0.569. The Morgan fingerprint density at radius 2 is 2.07 bits per heavy atom. The van der Waals surface area contributed by atoms with Crippen LogP contribution >= 0.6 is 11.8 Å². The summed E-state index contributed by atoms with van der Waals surface area (Å²) < 4.78 is 2.10. The van der Waals surface area contributed by atoms with Crippen LogP contribution in [0.2, 0.25) is 0 Å². The van der Waals surface area contributed by atoms with Gasteiger partial charge in [-0.1, -0.05) is 19.9 Å². The number of aromatic nitrogens is 2. The van der Waals surface area contributed by atoms with Crippen molar-refractivity contribution in [3.05, 3.63) is 30.1 Å². The van der Waals surface area contributed by atoms with Crippen molar-refractivity contribution in [1.82, 2.24) is 9.38 Å². The van der Waals surface area contributed by atoms with E-state index in [4.69, 9.17) is 0 Å². The van der Waals surface area contributed by atoms with Crippen molar-refractivity contribution in [2.24, 2.45) is 0 Å². The number of thioether (sulfide) groups is 1. The average molecular weight is 206 g/mol. The molecule has 2 aromatic rings.